The number of aryl methyl sites for hydroxylation is 1. The van der Waals surface area contributed by atoms with Crippen molar-refractivity contribution in [2.24, 2.45) is 5.92 Å². The highest BCUT2D eigenvalue weighted by Gasteiger charge is 2.46. The molecule has 1 saturated carbocycles. The number of piperazine rings is 1. The Bertz CT molecular complexity index is 603. The molecule has 3 aliphatic rings. The van der Waals surface area contributed by atoms with E-state index in [1.807, 2.05) is 0 Å². The van der Waals surface area contributed by atoms with Crippen LogP contribution in [-0.4, -0.2) is 73.0 Å². The lowest BCUT2D eigenvalue weighted by molar-refractivity contribution is -0.134. The molecule has 0 radical (unpaired) electrons. The van der Waals surface area contributed by atoms with Crippen molar-refractivity contribution in [2.45, 2.75) is 32.1 Å². The van der Waals surface area contributed by atoms with Crippen molar-refractivity contribution >= 4 is 5.91 Å². The number of hydrogen-bond donors (Lipinski definition) is 0. The fourth-order valence-corrected chi connectivity index (χ4v) is 4.45. The van der Waals surface area contributed by atoms with Gasteiger partial charge in [-0.2, -0.15) is 0 Å². The molecule has 4 nitrogen and oxygen atoms in total. The lowest BCUT2D eigenvalue weighted by Crippen LogP contribution is -2.50. The van der Waals surface area contributed by atoms with Crippen molar-refractivity contribution in [3.63, 3.8) is 0 Å². The van der Waals surface area contributed by atoms with Crippen molar-refractivity contribution in [3.05, 3.63) is 35.4 Å². The molecule has 2 aliphatic heterocycles. The normalized spacial score (nSPS) is 27.6. The predicted octanol–water partition coefficient (Wildman–Crippen LogP) is 2.34. The van der Waals surface area contributed by atoms with Gasteiger partial charge >= 0.3 is 0 Å². The van der Waals surface area contributed by atoms with Gasteiger partial charge in [-0.05, 0) is 50.8 Å². The Kier molecular flexibility index (Phi) is 5.09. The van der Waals surface area contributed by atoms with E-state index in [9.17, 15) is 4.79 Å². The summed E-state index contributed by atoms with van der Waals surface area (Å²) in [6.45, 7) is 11.0. The second-order valence-corrected chi connectivity index (χ2v) is 8.08. The third kappa shape index (κ3) is 4.06. The molecule has 2 heterocycles. The standard InChI is InChI=1S/C21H31N3O/c1-17-5-4-6-18(15-17)19-16-20(19)21(25)24-13-11-23(12-14-24)10-9-22-7-2-3-8-22/h4-6,15,19-20H,2-3,7-14,16H2,1H3/t19-,20+/m1/s1. The van der Waals surface area contributed by atoms with Crippen molar-refractivity contribution in [3.8, 4) is 0 Å². The second-order valence-electron chi connectivity index (χ2n) is 8.08. The summed E-state index contributed by atoms with van der Waals surface area (Å²) in [4.78, 5) is 20.0. The number of amides is 1. The number of rotatable bonds is 5. The van der Waals surface area contributed by atoms with Crippen LogP contribution in [0.25, 0.3) is 0 Å². The quantitative estimate of drug-likeness (QED) is 0.822. The molecule has 0 bridgehead atoms. The molecule has 1 aromatic rings. The summed E-state index contributed by atoms with van der Waals surface area (Å²) in [5.74, 6) is 1.09. The van der Waals surface area contributed by atoms with E-state index >= 15 is 0 Å². The highest BCUT2D eigenvalue weighted by molar-refractivity contribution is 5.83. The van der Waals surface area contributed by atoms with E-state index in [-0.39, 0.29) is 5.92 Å². The Hall–Kier alpha value is -1.39. The molecule has 1 aliphatic carbocycles. The van der Waals surface area contributed by atoms with E-state index in [2.05, 4.69) is 45.9 Å². The van der Waals surface area contributed by atoms with E-state index in [1.165, 1.54) is 43.6 Å². The topological polar surface area (TPSA) is 26.8 Å². The molecular formula is C21H31N3O. The SMILES string of the molecule is Cc1cccc([C@H]2C[C@@H]2C(=O)N2CCN(CCN3CCCC3)CC2)c1. The van der Waals surface area contributed by atoms with Gasteiger partial charge in [0.2, 0.25) is 5.91 Å². The van der Waals surface area contributed by atoms with Crippen LogP contribution < -0.4 is 0 Å². The minimum absolute atomic E-state index is 0.234. The summed E-state index contributed by atoms with van der Waals surface area (Å²) < 4.78 is 0. The van der Waals surface area contributed by atoms with Crippen molar-refractivity contribution in [2.75, 3.05) is 52.4 Å². The summed E-state index contributed by atoms with van der Waals surface area (Å²) in [6.07, 6.45) is 3.77. The van der Waals surface area contributed by atoms with Crippen LogP contribution in [0.1, 0.15) is 36.3 Å². The van der Waals surface area contributed by atoms with Gasteiger partial charge in [0.25, 0.3) is 0 Å². The number of likely N-dealkylation sites (tertiary alicyclic amines) is 1. The van der Waals surface area contributed by atoms with Gasteiger partial charge in [-0.1, -0.05) is 29.8 Å². The molecule has 4 rings (SSSR count). The Morgan fingerprint density at radius 1 is 1.00 bits per heavy atom. The zero-order valence-corrected chi connectivity index (χ0v) is 15.5. The first kappa shape index (κ1) is 17.0. The van der Waals surface area contributed by atoms with Crippen LogP contribution in [0.4, 0.5) is 0 Å². The first-order valence-corrected chi connectivity index (χ1v) is 10.0. The number of benzene rings is 1. The maximum Gasteiger partial charge on any atom is 0.226 e. The predicted molar refractivity (Wildman–Crippen MR) is 101 cm³/mol. The first-order valence-electron chi connectivity index (χ1n) is 10.0. The summed E-state index contributed by atoms with van der Waals surface area (Å²) in [5, 5.41) is 0. The average molecular weight is 341 g/mol. The van der Waals surface area contributed by atoms with Gasteiger partial charge in [0, 0.05) is 45.2 Å². The number of carbonyl (C=O) groups excluding carboxylic acids is 1. The molecule has 25 heavy (non-hydrogen) atoms. The lowest BCUT2D eigenvalue weighted by atomic mass is 10.1. The van der Waals surface area contributed by atoms with Crippen molar-refractivity contribution < 1.29 is 4.79 Å². The molecule has 0 N–H and O–H groups in total. The highest BCUT2D eigenvalue weighted by atomic mass is 16.2. The molecule has 1 amide bonds. The van der Waals surface area contributed by atoms with Crippen LogP contribution in [0.5, 0.6) is 0 Å². The molecule has 2 saturated heterocycles. The maximum absolute atomic E-state index is 12.8. The molecule has 2 atom stereocenters. The molecule has 1 aromatic carbocycles. The van der Waals surface area contributed by atoms with Gasteiger partial charge in [0.05, 0.1) is 0 Å². The van der Waals surface area contributed by atoms with Crippen LogP contribution >= 0.6 is 0 Å². The second kappa shape index (κ2) is 7.46. The summed E-state index contributed by atoms with van der Waals surface area (Å²) in [5.41, 5.74) is 2.64. The van der Waals surface area contributed by atoms with Crippen molar-refractivity contribution in [1.82, 2.24) is 14.7 Å². The zero-order chi connectivity index (χ0) is 17.2. The summed E-state index contributed by atoms with van der Waals surface area (Å²) in [7, 11) is 0. The van der Waals surface area contributed by atoms with Crippen molar-refractivity contribution in [1.29, 1.82) is 0 Å². The molecule has 3 fully saturated rings. The van der Waals surface area contributed by atoms with E-state index in [4.69, 9.17) is 0 Å². The summed E-state index contributed by atoms with van der Waals surface area (Å²) >= 11 is 0. The number of hydrogen-bond acceptors (Lipinski definition) is 3. The third-order valence-electron chi connectivity index (χ3n) is 6.19. The molecule has 0 unspecified atom stereocenters. The van der Waals surface area contributed by atoms with Gasteiger partial charge in [-0.25, -0.2) is 0 Å². The fraction of sp³-hybridized carbons (Fsp3) is 0.667. The van der Waals surface area contributed by atoms with Crippen LogP contribution in [0, 0.1) is 12.8 Å². The van der Waals surface area contributed by atoms with Gasteiger partial charge in [0.1, 0.15) is 0 Å². The fourth-order valence-electron chi connectivity index (χ4n) is 4.45. The lowest BCUT2D eigenvalue weighted by Gasteiger charge is -2.35. The van der Waals surface area contributed by atoms with Gasteiger partial charge in [0.15, 0.2) is 0 Å². The molecular weight excluding hydrogens is 310 g/mol. The third-order valence-corrected chi connectivity index (χ3v) is 6.19. The minimum atomic E-state index is 0.234. The largest absolute Gasteiger partial charge is 0.340 e. The van der Waals surface area contributed by atoms with E-state index in [1.54, 1.807) is 0 Å². The Balaban J connectivity index is 1.22. The average Bonchev–Trinajstić information content (AvgIpc) is 3.27. The van der Waals surface area contributed by atoms with E-state index in [0.717, 1.165) is 39.1 Å². The maximum atomic E-state index is 12.8. The van der Waals surface area contributed by atoms with Gasteiger partial charge in [-0.3, -0.25) is 9.69 Å². The summed E-state index contributed by atoms with van der Waals surface area (Å²) in [6, 6.07) is 8.67. The first-order chi connectivity index (χ1) is 12.2. The molecule has 0 spiro atoms. The molecule has 136 valence electrons. The molecule has 4 heteroatoms. The monoisotopic (exact) mass is 341 g/mol. The highest BCUT2D eigenvalue weighted by Crippen LogP contribution is 2.48. The number of carbonyl (C=O) groups is 1. The van der Waals surface area contributed by atoms with Crippen LogP contribution in [-0.2, 0) is 4.79 Å². The Labute approximate surface area is 151 Å². The minimum Gasteiger partial charge on any atom is -0.340 e. The molecule has 0 aromatic heterocycles. The Morgan fingerprint density at radius 3 is 2.36 bits per heavy atom. The number of nitrogens with zero attached hydrogens (tertiary/aromatic N) is 3. The van der Waals surface area contributed by atoms with Crippen LogP contribution in [0.3, 0.4) is 0 Å². The zero-order valence-electron chi connectivity index (χ0n) is 15.5. The van der Waals surface area contributed by atoms with E-state index < -0.39 is 0 Å². The smallest absolute Gasteiger partial charge is 0.226 e. The van der Waals surface area contributed by atoms with E-state index in [0.29, 0.717) is 11.8 Å². The van der Waals surface area contributed by atoms with Gasteiger partial charge < -0.3 is 9.80 Å². The van der Waals surface area contributed by atoms with Gasteiger partial charge in [-0.15, -0.1) is 0 Å². The van der Waals surface area contributed by atoms with Crippen LogP contribution in [0.15, 0.2) is 24.3 Å². The van der Waals surface area contributed by atoms with Crippen LogP contribution in [0.2, 0.25) is 0 Å². The Morgan fingerprint density at radius 2 is 1.68 bits per heavy atom.